The van der Waals surface area contributed by atoms with Gasteiger partial charge in [-0.2, -0.15) is 0 Å². The Bertz CT molecular complexity index is 1970. The van der Waals surface area contributed by atoms with Gasteiger partial charge in [-0.1, -0.05) is 90.4 Å². The molecule has 0 aliphatic heterocycles. The van der Waals surface area contributed by atoms with Gasteiger partial charge in [-0.3, -0.25) is 9.59 Å². The van der Waals surface area contributed by atoms with E-state index >= 15 is 4.79 Å². The van der Waals surface area contributed by atoms with Gasteiger partial charge in [-0.25, -0.2) is 4.79 Å². The van der Waals surface area contributed by atoms with Crippen LogP contribution in [0.3, 0.4) is 0 Å². The van der Waals surface area contributed by atoms with Crippen molar-refractivity contribution in [3.63, 3.8) is 0 Å². The molecule has 6 nitrogen and oxygen atoms in total. The number of hydrogen-bond acceptors (Lipinski definition) is 4. The smallest absolute Gasteiger partial charge is 0.335 e. The van der Waals surface area contributed by atoms with Crippen LogP contribution in [0.5, 0.6) is 0 Å². The molecule has 8 heteroatoms. The standard InChI is InChI=1S/C49H65ClN2O4.ClH/c1-30(2)41-38(53)29-49(44(56)52(28-27-51(9)10)31(3)32-15-17-35(50)18-16-32)26-25-47(7)37(42(41)49)19-20-40-46(6)23-21-36(33-11-13-34(14-12-33)43(54)55)45(4,5)39(46)22-24-48(40,47)8;/h11-18,21,30-31,37,39-40H,19-20,22-29H2,1-10H3,(H,54,55);1H/t31-,37-,39+,40-,46+,47-,48-,49-;/m1./s1. The van der Waals surface area contributed by atoms with Crippen molar-refractivity contribution in [3.8, 4) is 0 Å². The van der Waals surface area contributed by atoms with Gasteiger partial charge in [0.05, 0.1) is 17.0 Å². The van der Waals surface area contributed by atoms with Crippen molar-refractivity contribution in [2.45, 2.75) is 113 Å². The molecule has 7 rings (SSSR count). The Labute approximate surface area is 353 Å². The van der Waals surface area contributed by atoms with Crippen LogP contribution in [0, 0.1) is 50.7 Å². The van der Waals surface area contributed by atoms with E-state index in [1.54, 1.807) is 12.1 Å². The molecule has 5 aliphatic rings. The SMILES string of the molecule is CC(C)C1=C2[C@H]3CC[C@@H]4[C@@]5(C)CC=C(c6ccc(C(=O)O)cc6)C(C)(C)[C@@H]5CC[C@@]4(C)[C@]3(C)CC[C@@]2(C(=O)N(CCN(C)C)[C@H](C)c2ccc(Cl)cc2)CC1=O.Cl. The molecule has 0 unspecified atom stereocenters. The van der Waals surface area contributed by atoms with Gasteiger partial charge < -0.3 is 14.9 Å². The molecule has 5 aliphatic carbocycles. The van der Waals surface area contributed by atoms with Crippen LogP contribution < -0.4 is 0 Å². The zero-order valence-electron chi connectivity index (χ0n) is 36.0. The van der Waals surface area contributed by atoms with E-state index in [1.165, 1.54) is 11.1 Å². The second-order valence-electron chi connectivity index (χ2n) is 20.2. The molecule has 3 saturated carbocycles. The normalized spacial score (nSPS) is 33.4. The topological polar surface area (TPSA) is 77.9 Å². The fraction of sp³-hybridized carbons (Fsp3) is 0.612. The minimum absolute atomic E-state index is 0. The van der Waals surface area contributed by atoms with Crippen molar-refractivity contribution < 1.29 is 19.5 Å². The summed E-state index contributed by atoms with van der Waals surface area (Å²) in [6.45, 7) is 20.3. The fourth-order valence-electron chi connectivity index (χ4n) is 13.7. The summed E-state index contributed by atoms with van der Waals surface area (Å²) < 4.78 is 0. The highest BCUT2D eigenvalue weighted by atomic mass is 35.5. The lowest BCUT2D eigenvalue weighted by Crippen LogP contribution is -2.64. The number of aromatic carboxylic acids is 1. The molecule has 1 amide bonds. The molecule has 57 heavy (non-hydrogen) atoms. The summed E-state index contributed by atoms with van der Waals surface area (Å²) in [7, 11) is 4.11. The highest BCUT2D eigenvalue weighted by molar-refractivity contribution is 6.30. The molecule has 0 spiro atoms. The molecular weight excluding hydrogens is 751 g/mol. The first-order valence-electron chi connectivity index (χ1n) is 21.3. The van der Waals surface area contributed by atoms with Gasteiger partial charge in [-0.15, -0.1) is 12.4 Å². The maximum Gasteiger partial charge on any atom is 0.335 e. The lowest BCUT2D eigenvalue weighted by molar-refractivity contribution is -0.198. The van der Waals surface area contributed by atoms with Gasteiger partial charge in [0, 0.05) is 24.5 Å². The van der Waals surface area contributed by atoms with Crippen LogP contribution in [0.2, 0.25) is 5.02 Å². The van der Waals surface area contributed by atoms with Crippen LogP contribution in [0.4, 0.5) is 0 Å². The molecule has 310 valence electrons. The Hall–Kier alpha value is -2.93. The van der Waals surface area contributed by atoms with Gasteiger partial charge in [0.25, 0.3) is 0 Å². The molecule has 0 aromatic heterocycles. The van der Waals surface area contributed by atoms with Crippen LogP contribution in [-0.4, -0.2) is 59.8 Å². The Morgan fingerprint density at radius 2 is 1.49 bits per heavy atom. The van der Waals surface area contributed by atoms with E-state index in [-0.39, 0.29) is 63.6 Å². The number of carbonyl (C=O) groups excluding carboxylic acids is 2. The number of halogens is 2. The summed E-state index contributed by atoms with van der Waals surface area (Å²) in [5.74, 6) is 0.653. The second kappa shape index (κ2) is 15.3. The van der Waals surface area contributed by atoms with Crippen molar-refractivity contribution in [1.29, 1.82) is 0 Å². The summed E-state index contributed by atoms with van der Waals surface area (Å²) in [6.07, 6.45) is 9.78. The lowest BCUT2D eigenvalue weighted by atomic mass is 9.33. The molecule has 1 N–H and O–H groups in total. The first-order chi connectivity index (χ1) is 26.2. The maximum atomic E-state index is 15.6. The second-order valence-corrected chi connectivity index (χ2v) is 20.7. The number of nitrogens with zero attached hydrogens (tertiary/aromatic N) is 2. The average Bonchev–Trinajstić information content (AvgIpc) is 3.45. The van der Waals surface area contributed by atoms with Crippen molar-refractivity contribution >= 4 is 47.2 Å². The number of ketones is 1. The van der Waals surface area contributed by atoms with Crippen molar-refractivity contribution in [2.24, 2.45) is 50.7 Å². The van der Waals surface area contributed by atoms with Crippen LogP contribution in [0.1, 0.15) is 134 Å². The summed E-state index contributed by atoms with van der Waals surface area (Å²) in [4.78, 5) is 45.9. The summed E-state index contributed by atoms with van der Waals surface area (Å²) in [6, 6.07) is 15.2. The predicted octanol–water partition coefficient (Wildman–Crippen LogP) is 11.6. The molecule has 2 aromatic rings. The van der Waals surface area contributed by atoms with Gasteiger partial charge in [0.15, 0.2) is 5.78 Å². The number of rotatable bonds is 9. The molecular formula is C49H66Cl2N2O4. The van der Waals surface area contributed by atoms with Crippen LogP contribution in [-0.2, 0) is 9.59 Å². The number of carboxylic acids is 1. The number of Topliss-reactive ketones (excluding diaryl/α,β-unsaturated/α-hetero) is 1. The Kier molecular flexibility index (Phi) is 11.7. The number of carbonyl (C=O) groups is 3. The van der Waals surface area contributed by atoms with Gasteiger partial charge in [0.1, 0.15) is 0 Å². The van der Waals surface area contributed by atoms with Crippen molar-refractivity contribution in [3.05, 3.63) is 87.5 Å². The average molecular weight is 818 g/mol. The summed E-state index contributed by atoms with van der Waals surface area (Å²) in [5.41, 5.74) is 5.20. The minimum atomic E-state index is -0.895. The van der Waals surface area contributed by atoms with Gasteiger partial charge in [-0.05, 0) is 163 Å². The zero-order chi connectivity index (χ0) is 40.7. The number of fused-ring (bicyclic) bond motifs is 7. The van der Waals surface area contributed by atoms with Crippen LogP contribution in [0.25, 0.3) is 5.57 Å². The number of carboxylic acid groups (broad SMARTS) is 1. The largest absolute Gasteiger partial charge is 0.478 e. The summed E-state index contributed by atoms with van der Waals surface area (Å²) in [5, 5.41) is 10.2. The Morgan fingerprint density at radius 1 is 0.842 bits per heavy atom. The minimum Gasteiger partial charge on any atom is -0.478 e. The fourth-order valence-corrected chi connectivity index (χ4v) is 13.9. The third kappa shape index (κ3) is 6.67. The lowest BCUT2D eigenvalue weighted by Gasteiger charge is -2.71. The predicted molar refractivity (Wildman–Crippen MR) is 234 cm³/mol. The van der Waals surface area contributed by atoms with E-state index in [4.69, 9.17) is 11.6 Å². The number of likely N-dealkylation sites (N-methyl/N-ethyl adjacent to an activating group) is 1. The van der Waals surface area contributed by atoms with Gasteiger partial charge in [0.2, 0.25) is 5.91 Å². The first-order valence-corrected chi connectivity index (χ1v) is 21.6. The molecule has 0 radical (unpaired) electrons. The van der Waals surface area contributed by atoms with Crippen LogP contribution in [0.15, 0.2) is 65.8 Å². The first kappa shape index (κ1) is 43.6. The highest BCUT2D eigenvalue weighted by Gasteiger charge is 2.70. The number of allylic oxidation sites excluding steroid dienone is 3. The van der Waals surface area contributed by atoms with E-state index in [0.29, 0.717) is 41.8 Å². The van der Waals surface area contributed by atoms with E-state index < -0.39 is 11.4 Å². The van der Waals surface area contributed by atoms with E-state index in [9.17, 15) is 14.7 Å². The highest BCUT2D eigenvalue weighted by Crippen LogP contribution is 2.77. The summed E-state index contributed by atoms with van der Waals surface area (Å²) >= 11 is 6.31. The number of hydrogen-bond donors (Lipinski definition) is 1. The third-order valence-corrected chi connectivity index (χ3v) is 17.0. The number of amides is 1. The van der Waals surface area contributed by atoms with E-state index in [2.05, 4.69) is 85.4 Å². The van der Waals surface area contributed by atoms with Crippen molar-refractivity contribution in [2.75, 3.05) is 27.2 Å². The third-order valence-electron chi connectivity index (χ3n) is 16.7. The zero-order valence-corrected chi connectivity index (χ0v) is 37.6. The molecule has 3 fully saturated rings. The molecule has 2 aromatic carbocycles. The van der Waals surface area contributed by atoms with E-state index in [0.717, 1.165) is 61.8 Å². The molecule has 0 heterocycles. The van der Waals surface area contributed by atoms with Crippen LogP contribution >= 0.6 is 24.0 Å². The molecule has 8 atom stereocenters. The monoisotopic (exact) mass is 816 g/mol. The van der Waals surface area contributed by atoms with Crippen molar-refractivity contribution in [1.82, 2.24) is 9.80 Å². The molecule has 0 bridgehead atoms. The molecule has 0 saturated heterocycles. The van der Waals surface area contributed by atoms with Gasteiger partial charge >= 0.3 is 5.97 Å². The Morgan fingerprint density at radius 3 is 2.09 bits per heavy atom. The van der Waals surface area contributed by atoms with E-state index in [1.807, 2.05) is 36.4 Å². The Balaban J connectivity index is 0.00000549. The maximum absolute atomic E-state index is 15.6. The quantitative estimate of drug-likeness (QED) is 0.273. The number of benzene rings is 2.